The summed E-state index contributed by atoms with van der Waals surface area (Å²) in [5.74, 6) is -0.686. The van der Waals surface area contributed by atoms with Gasteiger partial charge in [0.05, 0.1) is 11.9 Å². The van der Waals surface area contributed by atoms with Crippen LogP contribution in [0.2, 0.25) is 0 Å². The third kappa shape index (κ3) is 6.56. The number of carbonyl (C=O) groups excluding carboxylic acids is 2. The molecular formula is C24H33N3O4S. The largest absolute Gasteiger partial charge is 0.355 e. The maximum absolute atomic E-state index is 13.5. The Morgan fingerprint density at radius 3 is 2.16 bits per heavy atom. The normalized spacial score (nSPS) is 12.2. The Labute approximate surface area is 191 Å². The molecule has 0 saturated heterocycles. The molecule has 1 unspecified atom stereocenters. The quantitative estimate of drug-likeness (QED) is 0.592. The Bertz CT molecular complexity index is 1040. The van der Waals surface area contributed by atoms with Gasteiger partial charge in [0.1, 0.15) is 12.6 Å². The Morgan fingerprint density at radius 1 is 1.00 bits per heavy atom. The van der Waals surface area contributed by atoms with Gasteiger partial charge >= 0.3 is 0 Å². The molecule has 0 aliphatic carbocycles. The van der Waals surface area contributed by atoms with Gasteiger partial charge < -0.3 is 10.2 Å². The van der Waals surface area contributed by atoms with E-state index >= 15 is 0 Å². The zero-order valence-electron chi connectivity index (χ0n) is 19.5. The maximum atomic E-state index is 13.5. The number of amides is 2. The number of benzene rings is 2. The van der Waals surface area contributed by atoms with E-state index in [1.54, 1.807) is 25.1 Å². The molecule has 0 fully saturated rings. The van der Waals surface area contributed by atoms with Crippen LogP contribution in [0, 0.1) is 13.8 Å². The molecule has 32 heavy (non-hydrogen) atoms. The lowest BCUT2D eigenvalue weighted by Crippen LogP contribution is -2.52. The van der Waals surface area contributed by atoms with E-state index in [1.807, 2.05) is 51.1 Å². The number of sulfonamides is 1. The molecule has 2 aromatic rings. The van der Waals surface area contributed by atoms with Crippen LogP contribution in [-0.2, 0) is 26.2 Å². The van der Waals surface area contributed by atoms with E-state index in [-0.39, 0.29) is 19.0 Å². The van der Waals surface area contributed by atoms with Crippen LogP contribution in [0.3, 0.4) is 0 Å². The Hall–Kier alpha value is -2.87. The molecule has 0 aliphatic heterocycles. The van der Waals surface area contributed by atoms with Crippen molar-refractivity contribution in [3.05, 3.63) is 65.2 Å². The standard InChI is InChI=1S/C24H33N3O4S/c1-6-21(24(29)25-7-2)26(16-20-14-12-18(3)13-15-20)23(28)17-27(32(5,30)31)22-11-9-8-10-19(22)4/h8-15,21H,6-7,16-17H2,1-5H3,(H,25,29). The van der Waals surface area contributed by atoms with Gasteiger partial charge in [0.2, 0.25) is 21.8 Å². The van der Waals surface area contributed by atoms with Gasteiger partial charge in [0.15, 0.2) is 0 Å². The summed E-state index contributed by atoms with van der Waals surface area (Å²) >= 11 is 0. The summed E-state index contributed by atoms with van der Waals surface area (Å²) in [7, 11) is -3.73. The molecule has 0 heterocycles. The third-order valence-electron chi connectivity index (χ3n) is 5.27. The molecule has 0 aliphatic rings. The second-order valence-electron chi connectivity index (χ2n) is 7.88. The van der Waals surface area contributed by atoms with Crippen molar-refractivity contribution in [2.24, 2.45) is 0 Å². The van der Waals surface area contributed by atoms with Crippen LogP contribution in [0.5, 0.6) is 0 Å². The van der Waals surface area contributed by atoms with Crippen molar-refractivity contribution in [2.45, 2.75) is 46.7 Å². The van der Waals surface area contributed by atoms with Crippen molar-refractivity contribution in [1.29, 1.82) is 0 Å². The molecular weight excluding hydrogens is 426 g/mol. The number of nitrogens with zero attached hydrogens (tertiary/aromatic N) is 2. The van der Waals surface area contributed by atoms with Crippen LogP contribution in [0.25, 0.3) is 0 Å². The van der Waals surface area contributed by atoms with Crippen molar-refractivity contribution >= 4 is 27.5 Å². The highest BCUT2D eigenvalue weighted by Crippen LogP contribution is 2.23. The van der Waals surface area contributed by atoms with Crippen LogP contribution >= 0.6 is 0 Å². The zero-order valence-corrected chi connectivity index (χ0v) is 20.3. The Kier molecular flexibility index (Phi) is 8.83. The summed E-state index contributed by atoms with van der Waals surface area (Å²) in [5, 5.41) is 2.79. The first kappa shape index (κ1) is 25.4. The monoisotopic (exact) mass is 459 g/mol. The number of hydrogen-bond acceptors (Lipinski definition) is 4. The molecule has 0 saturated carbocycles. The molecule has 0 aromatic heterocycles. The van der Waals surface area contributed by atoms with Gasteiger partial charge in [-0.05, 0) is 44.4 Å². The number of para-hydroxylation sites is 1. The van der Waals surface area contributed by atoms with Gasteiger partial charge in [-0.3, -0.25) is 13.9 Å². The second kappa shape index (κ2) is 11.1. The molecule has 1 atom stereocenters. The van der Waals surface area contributed by atoms with Gasteiger partial charge in [-0.2, -0.15) is 0 Å². The first-order chi connectivity index (χ1) is 15.1. The lowest BCUT2D eigenvalue weighted by atomic mass is 10.1. The van der Waals surface area contributed by atoms with Crippen molar-refractivity contribution in [1.82, 2.24) is 10.2 Å². The van der Waals surface area contributed by atoms with Gasteiger partial charge in [0.25, 0.3) is 0 Å². The van der Waals surface area contributed by atoms with Crippen molar-refractivity contribution in [2.75, 3.05) is 23.7 Å². The number of anilines is 1. The third-order valence-corrected chi connectivity index (χ3v) is 6.40. The molecule has 174 valence electrons. The fourth-order valence-electron chi connectivity index (χ4n) is 3.54. The molecule has 0 radical (unpaired) electrons. The molecule has 1 N–H and O–H groups in total. The highest BCUT2D eigenvalue weighted by Gasteiger charge is 2.31. The predicted molar refractivity (Wildman–Crippen MR) is 128 cm³/mol. The van der Waals surface area contributed by atoms with Crippen LogP contribution in [0.15, 0.2) is 48.5 Å². The lowest BCUT2D eigenvalue weighted by molar-refractivity contribution is -0.140. The number of aryl methyl sites for hydroxylation is 2. The van der Waals surface area contributed by atoms with Gasteiger partial charge in [-0.15, -0.1) is 0 Å². The van der Waals surface area contributed by atoms with Gasteiger partial charge in [-0.1, -0.05) is 55.0 Å². The van der Waals surface area contributed by atoms with Crippen LogP contribution in [0.1, 0.15) is 37.0 Å². The highest BCUT2D eigenvalue weighted by atomic mass is 32.2. The minimum absolute atomic E-state index is 0.208. The molecule has 2 aromatic carbocycles. The average molecular weight is 460 g/mol. The molecule has 7 nitrogen and oxygen atoms in total. The fourth-order valence-corrected chi connectivity index (χ4v) is 4.45. The van der Waals surface area contributed by atoms with Gasteiger partial charge in [0, 0.05) is 13.1 Å². The maximum Gasteiger partial charge on any atom is 0.244 e. The number of likely N-dealkylation sites (N-methyl/N-ethyl adjacent to an activating group) is 1. The Morgan fingerprint density at radius 2 is 1.62 bits per heavy atom. The van der Waals surface area contributed by atoms with E-state index in [0.717, 1.165) is 27.3 Å². The lowest BCUT2D eigenvalue weighted by Gasteiger charge is -2.33. The summed E-state index contributed by atoms with van der Waals surface area (Å²) in [6.45, 7) is 7.70. The van der Waals surface area contributed by atoms with Gasteiger partial charge in [-0.25, -0.2) is 8.42 Å². The van der Waals surface area contributed by atoms with E-state index in [4.69, 9.17) is 0 Å². The molecule has 0 bridgehead atoms. The zero-order chi connectivity index (χ0) is 23.9. The number of hydrogen-bond donors (Lipinski definition) is 1. The fraction of sp³-hybridized carbons (Fsp3) is 0.417. The average Bonchev–Trinajstić information content (AvgIpc) is 2.73. The minimum atomic E-state index is -3.73. The summed E-state index contributed by atoms with van der Waals surface area (Å²) in [5.41, 5.74) is 3.15. The van der Waals surface area contributed by atoms with E-state index in [1.165, 1.54) is 4.90 Å². The summed E-state index contributed by atoms with van der Waals surface area (Å²) in [6.07, 6.45) is 1.49. The van der Waals surface area contributed by atoms with Crippen molar-refractivity contribution in [3.8, 4) is 0 Å². The Balaban J connectivity index is 2.43. The smallest absolute Gasteiger partial charge is 0.244 e. The molecule has 2 amide bonds. The van der Waals surface area contributed by atoms with E-state index < -0.39 is 22.0 Å². The predicted octanol–water partition coefficient (Wildman–Crippen LogP) is 3.01. The SMILES string of the molecule is CCNC(=O)C(CC)N(Cc1ccc(C)cc1)C(=O)CN(c1ccccc1C)S(C)(=O)=O. The summed E-state index contributed by atoms with van der Waals surface area (Å²) < 4.78 is 26.3. The second-order valence-corrected chi connectivity index (χ2v) is 9.79. The van der Waals surface area contributed by atoms with Crippen LogP contribution in [0.4, 0.5) is 5.69 Å². The van der Waals surface area contributed by atoms with E-state index in [9.17, 15) is 18.0 Å². The highest BCUT2D eigenvalue weighted by molar-refractivity contribution is 7.92. The van der Waals surface area contributed by atoms with E-state index in [0.29, 0.717) is 18.7 Å². The molecule has 8 heteroatoms. The van der Waals surface area contributed by atoms with Crippen LogP contribution < -0.4 is 9.62 Å². The first-order valence-electron chi connectivity index (χ1n) is 10.7. The van der Waals surface area contributed by atoms with Crippen LogP contribution in [-0.4, -0.2) is 50.5 Å². The number of rotatable bonds is 10. The van der Waals surface area contributed by atoms with Crippen molar-refractivity contribution < 1.29 is 18.0 Å². The molecule has 2 rings (SSSR count). The van der Waals surface area contributed by atoms with Crippen molar-refractivity contribution in [3.63, 3.8) is 0 Å². The summed E-state index contributed by atoms with van der Waals surface area (Å²) in [6, 6.07) is 14.0. The number of carbonyl (C=O) groups is 2. The minimum Gasteiger partial charge on any atom is -0.355 e. The van der Waals surface area contributed by atoms with E-state index in [2.05, 4.69) is 5.32 Å². The topological polar surface area (TPSA) is 86.8 Å². The first-order valence-corrected chi connectivity index (χ1v) is 12.6. The number of nitrogens with one attached hydrogen (secondary N) is 1. The summed E-state index contributed by atoms with van der Waals surface area (Å²) in [4.78, 5) is 27.7. The molecule has 0 spiro atoms.